The molecule has 1 atom stereocenters. The van der Waals surface area contributed by atoms with Gasteiger partial charge in [0, 0.05) is 10.9 Å². The fourth-order valence-electron chi connectivity index (χ4n) is 1.89. The molecule has 0 saturated heterocycles. The Labute approximate surface area is 99.6 Å². The Kier molecular flexibility index (Phi) is 3.62. The predicted octanol–water partition coefficient (Wildman–Crippen LogP) is 3.68. The normalized spacial score (nSPS) is 18.6. The summed E-state index contributed by atoms with van der Waals surface area (Å²) in [5.41, 5.74) is 1.07. The van der Waals surface area contributed by atoms with Gasteiger partial charge in [0.25, 0.3) is 0 Å². The van der Waals surface area contributed by atoms with Crippen molar-refractivity contribution >= 4 is 11.6 Å². The van der Waals surface area contributed by atoms with Crippen LogP contribution < -0.4 is 0 Å². The number of benzene rings is 1. The van der Waals surface area contributed by atoms with E-state index in [2.05, 4.69) is 0 Å². The van der Waals surface area contributed by atoms with Gasteiger partial charge in [-0.05, 0) is 42.5 Å². The number of hydrogen-bond donors (Lipinski definition) is 1. The standard InChI is InChI=1S/C13H14ClFO/c14-11-5-3-10(4-6-11)13(9-1-2-9)7-12(15)8-16/h3-7,9,13,16H,1-2,8H2/b12-7-. The second-order valence-electron chi connectivity index (χ2n) is 4.19. The van der Waals surface area contributed by atoms with Crippen LogP contribution in [0.5, 0.6) is 0 Å². The maximum atomic E-state index is 13.1. The Hall–Kier alpha value is -0.860. The van der Waals surface area contributed by atoms with Crippen molar-refractivity contribution in [1.29, 1.82) is 0 Å². The van der Waals surface area contributed by atoms with Crippen LogP contribution in [0.4, 0.5) is 4.39 Å². The van der Waals surface area contributed by atoms with Crippen LogP contribution >= 0.6 is 11.6 Å². The lowest BCUT2D eigenvalue weighted by atomic mass is 9.93. The molecule has 16 heavy (non-hydrogen) atoms. The Balaban J connectivity index is 2.22. The summed E-state index contributed by atoms with van der Waals surface area (Å²) < 4.78 is 13.1. The van der Waals surface area contributed by atoms with Gasteiger partial charge in [-0.1, -0.05) is 23.7 Å². The van der Waals surface area contributed by atoms with Crippen LogP contribution in [0, 0.1) is 5.92 Å². The molecule has 3 heteroatoms. The van der Waals surface area contributed by atoms with Crippen molar-refractivity contribution in [2.45, 2.75) is 18.8 Å². The largest absolute Gasteiger partial charge is 0.389 e. The highest BCUT2D eigenvalue weighted by molar-refractivity contribution is 6.30. The van der Waals surface area contributed by atoms with Gasteiger partial charge in [-0.3, -0.25) is 0 Å². The van der Waals surface area contributed by atoms with Gasteiger partial charge >= 0.3 is 0 Å². The predicted molar refractivity (Wildman–Crippen MR) is 63.2 cm³/mol. The first-order chi connectivity index (χ1) is 7.70. The number of halogens is 2. The molecule has 0 amide bonds. The molecule has 1 fully saturated rings. The average molecular weight is 241 g/mol. The number of aliphatic hydroxyl groups is 1. The summed E-state index contributed by atoms with van der Waals surface area (Å²) in [6.07, 6.45) is 3.78. The molecule has 0 spiro atoms. The highest BCUT2D eigenvalue weighted by Crippen LogP contribution is 2.44. The van der Waals surface area contributed by atoms with Crippen LogP contribution in [0.3, 0.4) is 0 Å². The summed E-state index contributed by atoms with van der Waals surface area (Å²) in [7, 11) is 0. The van der Waals surface area contributed by atoms with Gasteiger partial charge in [0.2, 0.25) is 0 Å². The molecule has 0 aliphatic heterocycles. The molecule has 1 aromatic rings. The molecule has 1 aliphatic carbocycles. The van der Waals surface area contributed by atoms with E-state index in [1.54, 1.807) is 0 Å². The summed E-state index contributed by atoms with van der Waals surface area (Å²) >= 11 is 5.82. The third kappa shape index (κ3) is 2.83. The lowest BCUT2D eigenvalue weighted by molar-refractivity contribution is 0.296. The highest BCUT2D eigenvalue weighted by Gasteiger charge is 2.31. The molecule has 1 aliphatic rings. The van der Waals surface area contributed by atoms with Crippen LogP contribution in [0.1, 0.15) is 24.3 Å². The summed E-state index contributed by atoms with van der Waals surface area (Å²) in [4.78, 5) is 0. The maximum absolute atomic E-state index is 13.1. The van der Waals surface area contributed by atoms with Gasteiger partial charge in [0.15, 0.2) is 0 Å². The lowest BCUT2D eigenvalue weighted by Crippen LogP contribution is -1.99. The van der Waals surface area contributed by atoms with Gasteiger partial charge in [0.1, 0.15) is 5.83 Å². The molecular weight excluding hydrogens is 227 g/mol. The van der Waals surface area contributed by atoms with E-state index >= 15 is 0 Å². The molecule has 1 N–H and O–H groups in total. The molecule has 1 aromatic carbocycles. The third-order valence-corrected chi connectivity index (χ3v) is 3.15. The first-order valence-corrected chi connectivity index (χ1v) is 5.81. The van der Waals surface area contributed by atoms with Crippen LogP contribution in [-0.2, 0) is 0 Å². The maximum Gasteiger partial charge on any atom is 0.122 e. The van der Waals surface area contributed by atoms with E-state index in [1.807, 2.05) is 24.3 Å². The van der Waals surface area contributed by atoms with Crippen molar-refractivity contribution in [2.75, 3.05) is 6.61 Å². The van der Waals surface area contributed by atoms with Crippen molar-refractivity contribution in [2.24, 2.45) is 5.92 Å². The van der Waals surface area contributed by atoms with E-state index in [0.29, 0.717) is 10.9 Å². The monoisotopic (exact) mass is 240 g/mol. The summed E-state index contributed by atoms with van der Waals surface area (Å²) in [6, 6.07) is 7.48. The van der Waals surface area contributed by atoms with Crippen molar-refractivity contribution in [3.63, 3.8) is 0 Å². The minimum absolute atomic E-state index is 0.0735. The average Bonchev–Trinajstić information content (AvgIpc) is 3.11. The van der Waals surface area contributed by atoms with Gasteiger partial charge in [-0.25, -0.2) is 4.39 Å². The van der Waals surface area contributed by atoms with Gasteiger partial charge in [0.05, 0.1) is 6.61 Å². The summed E-state index contributed by atoms with van der Waals surface area (Å²) in [5, 5.41) is 9.40. The first-order valence-electron chi connectivity index (χ1n) is 5.43. The van der Waals surface area contributed by atoms with Crippen molar-refractivity contribution in [3.05, 3.63) is 46.8 Å². The molecule has 0 heterocycles. The van der Waals surface area contributed by atoms with Crippen LogP contribution in [0.2, 0.25) is 5.02 Å². The molecule has 1 saturated carbocycles. The van der Waals surface area contributed by atoms with E-state index in [4.69, 9.17) is 16.7 Å². The fourth-order valence-corrected chi connectivity index (χ4v) is 2.02. The van der Waals surface area contributed by atoms with Gasteiger partial charge < -0.3 is 5.11 Å². The quantitative estimate of drug-likeness (QED) is 0.851. The smallest absolute Gasteiger partial charge is 0.122 e. The SMILES string of the molecule is OC/C(F)=C/C(c1ccc(Cl)cc1)C1CC1. The summed E-state index contributed by atoms with van der Waals surface area (Å²) in [5.74, 6) is 0.134. The Morgan fingerprint density at radius 2 is 2.06 bits per heavy atom. The topological polar surface area (TPSA) is 20.2 Å². The molecule has 0 aromatic heterocycles. The van der Waals surface area contributed by atoms with E-state index in [9.17, 15) is 4.39 Å². The van der Waals surface area contributed by atoms with Gasteiger partial charge in [-0.2, -0.15) is 0 Å². The second kappa shape index (κ2) is 4.98. The molecule has 1 nitrogen and oxygen atoms in total. The molecule has 2 rings (SSSR count). The van der Waals surface area contributed by atoms with E-state index in [1.165, 1.54) is 6.08 Å². The number of rotatable bonds is 4. The van der Waals surface area contributed by atoms with Crippen LogP contribution in [0.25, 0.3) is 0 Å². The van der Waals surface area contributed by atoms with Crippen molar-refractivity contribution in [3.8, 4) is 0 Å². The minimum Gasteiger partial charge on any atom is -0.389 e. The zero-order valence-electron chi connectivity index (χ0n) is 8.87. The zero-order valence-corrected chi connectivity index (χ0v) is 9.62. The zero-order chi connectivity index (χ0) is 11.5. The van der Waals surface area contributed by atoms with Crippen LogP contribution in [-0.4, -0.2) is 11.7 Å². The van der Waals surface area contributed by atoms with E-state index < -0.39 is 12.4 Å². The number of allylic oxidation sites excluding steroid dienone is 1. The Bertz CT molecular complexity index is 381. The van der Waals surface area contributed by atoms with E-state index in [-0.39, 0.29) is 5.92 Å². The van der Waals surface area contributed by atoms with Gasteiger partial charge in [-0.15, -0.1) is 0 Å². The molecule has 1 unspecified atom stereocenters. The van der Waals surface area contributed by atoms with Crippen molar-refractivity contribution in [1.82, 2.24) is 0 Å². The Morgan fingerprint density at radius 1 is 1.44 bits per heavy atom. The van der Waals surface area contributed by atoms with Crippen molar-refractivity contribution < 1.29 is 9.50 Å². The lowest BCUT2D eigenvalue weighted by Gasteiger charge is -2.12. The number of aliphatic hydroxyl groups excluding tert-OH is 1. The molecule has 0 bridgehead atoms. The fraction of sp³-hybridized carbons (Fsp3) is 0.385. The molecular formula is C13H14ClFO. The molecule has 0 radical (unpaired) electrons. The first kappa shape index (κ1) is 11.6. The second-order valence-corrected chi connectivity index (χ2v) is 4.62. The minimum atomic E-state index is -0.517. The van der Waals surface area contributed by atoms with E-state index in [0.717, 1.165) is 18.4 Å². The van der Waals surface area contributed by atoms with Crippen LogP contribution in [0.15, 0.2) is 36.2 Å². The molecule has 86 valence electrons. The summed E-state index contributed by atoms with van der Waals surface area (Å²) in [6.45, 7) is -0.517. The Morgan fingerprint density at radius 3 is 2.56 bits per heavy atom. The number of hydrogen-bond acceptors (Lipinski definition) is 1. The highest BCUT2D eigenvalue weighted by atomic mass is 35.5. The third-order valence-electron chi connectivity index (χ3n) is 2.90.